The van der Waals surface area contributed by atoms with Gasteiger partial charge in [-0.25, -0.2) is 0 Å². The molecule has 1 saturated heterocycles. The Hall–Kier alpha value is 1.38. The molecule has 0 saturated carbocycles. The molecule has 2 nitrogen and oxygen atoms in total. The van der Waals surface area contributed by atoms with Gasteiger partial charge in [-0.2, -0.15) is 0 Å². The number of hydrogen-bond acceptors (Lipinski definition) is 2. The van der Waals surface area contributed by atoms with E-state index in [0.717, 1.165) is 22.1 Å². The van der Waals surface area contributed by atoms with Crippen LogP contribution in [0.3, 0.4) is 0 Å². The molecule has 0 aromatic rings. The van der Waals surface area contributed by atoms with E-state index in [1.807, 2.05) is 0 Å². The topological polar surface area (TPSA) is 18.5 Å². The van der Waals surface area contributed by atoms with E-state index in [0.29, 0.717) is 12.2 Å². The van der Waals surface area contributed by atoms with Crippen molar-refractivity contribution < 1.29 is 9.47 Å². The molecule has 1 aliphatic rings. The quantitative estimate of drug-likeness (QED) is 0.545. The van der Waals surface area contributed by atoms with Crippen LogP contribution in [0.2, 0.25) is 0 Å². The minimum Gasteiger partial charge on any atom is -0.372 e. The molecule has 0 unspecified atom stereocenters. The molecule has 4 heteroatoms. The number of rotatable bonds is 2. The standard InChI is InChI=1S/C6H10I2O2/c7-3-5-6(4-8)10-2-1-9-5/h5-6H,1-4H2/t5-,6-/m1/s1. The monoisotopic (exact) mass is 368 g/mol. The van der Waals surface area contributed by atoms with Crippen molar-refractivity contribution in [3.8, 4) is 0 Å². The van der Waals surface area contributed by atoms with Gasteiger partial charge in [0, 0.05) is 8.86 Å². The first-order valence-electron chi connectivity index (χ1n) is 3.23. The summed E-state index contributed by atoms with van der Waals surface area (Å²) in [6, 6.07) is 0. The van der Waals surface area contributed by atoms with Crippen molar-refractivity contribution in [2.75, 3.05) is 22.1 Å². The molecule has 0 bridgehead atoms. The Balaban J connectivity index is 2.34. The van der Waals surface area contributed by atoms with Gasteiger partial charge in [-0.1, -0.05) is 45.2 Å². The average molecular weight is 368 g/mol. The van der Waals surface area contributed by atoms with Crippen LogP contribution in [0.5, 0.6) is 0 Å². The molecule has 0 spiro atoms. The zero-order valence-corrected chi connectivity index (χ0v) is 9.87. The zero-order valence-electron chi connectivity index (χ0n) is 5.56. The summed E-state index contributed by atoms with van der Waals surface area (Å²) in [5.74, 6) is 0. The van der Waals surface area contributed by atoms with Gasteiger partial charge in [-0.05, 0) is 0 Å². The second kappa shape index (κ2) is 5.10. The summed E-state index contributed by atoms with van der Waals surface area (Å²) in [4.78, 5) is 0. The first-order valence-corrected chi connectivity index (χ1v) is 6.28. The van der Waals surface area contributed by atoms with Gasteiger partial charge in [0.2, 0.25) is 0 Å². The number of alkyl halides is 2. The van der Waals surface area contributed by atoms with Gasteiger partial charge in [0.1, 0.15) is 0 Å². The van der Waals surface area contributed by atoms with E-state index < -0.39 is 0 Å². The summed E-state index contributed by atoms with van der Waals surface area (Å²) in [6.45, 7) is 1.53. The van der Waals surface area contributed by atoms with E-state index in [1.165, 1.54) is 0 Å². The third-order valence-electron chi connectivity index (χ3n) is 1.47. The van der Waals surface area contributed by atoms with Crippen molar-refractivity contribution in [1.29, 1.82) is 0 Å². The van der Waals surface area contributed by atoms with Crippen LogP contribution in [-0.4, -0.2) is 34.3 Å². The van der Waals surface area contributed by atoms with Crippen LogP contribution in [0.4, 0.5) is 0 Å². The van der Waals surface area contributed by atoms with Crippen LogP contribution in [0.25, 0.3) is 0 Å². The summed E-state index contributed by atoms with van der Waals surface area (Å²) in [6.07, 6.45) is 0.650. The van der Waals surface area contributed by atoms with Gasteiger partial charge < -0.3 is 9.47 Å². The summed E-state index contributed by atoms with van der Waals surface area (Å²) in [5, 5.41) is 0. The highest BCUT2D eigenvalue weighted by Crippen LogP contribution is 2.14. The number of hydrogen-bond donors (Lipinski definition) is 0. The molecule has 0 aliphatic carbocycles. The smallest absolute Gasteiger partial charge is 0.0934 e. The van der Waals surface area contributed by atoms with Gasteiger partial charge in [0.05, 0.1) is 25.4 Å². The zero-order chi connectivity index (χ0) is 7.40. The molecule has 2 atom stereocenters. The normalized spacial score (nSPS) is 34.2. The molecule has 60 valence electrons. The molecule has 0 N–H and O–H groups in total. The van der Waals surface area contributed by atoms with Crippen LogP contribution < -0.4 is 0 Å². The molecule has 0 radical (unpaired) electrons. The second-order valence-electron chi connectivity index (χ2n) is 2.13. The maximum absolute atomic E-state index is 5.49. The molecule has 1 heterocycles. The lowest BCUT2D eigenvalue weighted by Crippen LogP contribution is -2.40. The Bertz CT molecular complexity index is 87.7. The lowest BCUT2D eigenvalue weighted by Gasteiger charge is -2.29. The maximum atomic E-state index is 5.49. The highest BCUT2D eigenvalue weighted by Gasteiger charge is 2.24. The third-order valence-corrected chi connectivity index (χ3v) is 3.20. The Morgan fingerprint density at radius 3 is 1.70 bits per heavy atom. The lowest BCUT2D eigenvalue weighted by molar-refractivity contribution is -0.118. The van der Waals surface area contributed by atoms with Crippen molar-refractivity contribution in [2.24, 2.45) is 0 Å². The maximum Gasteiger partial charge on any atom is 0.0934 e. The van der Waals surface area contributed by atoms with Crippen molar-refractivity contribution in [2.45, 2.75) is 12.2 Å². The molecule has 10 heavy (non-hydrogen) atoms. The average Bonchev–Trinajstić information content (AvgIpc) is 2.04. The van der Waals surface area contributed by atoms with Crippen LogP contribution >= 0.6 is 45.2 Å². The van der Waals surface area contributed by atoms with Gasteiger partial charge in [0.25, 0.3) is 0 Å². The third kappa shape index (κ3) is 2.46. The first kappa shape index (κ1) is 9.47. The predicted octanol–water partition coefficient (Wildman–Crippen LogP) is 1.64. The highest BCUT2D eigenvalue weighted by molar-refractivity contribution is 14.1. The van der Waals surface area contributed by atoms with Crippen LogP contribution in [0.15, 0.2) is 0 Å². The minimum atomic E-state index is 0.325. The Morgan fingerprint density at radius 2 is 1.40 bits per heavy atom. The van der Waals surface area contributed by atoms with Crippen molar-refractivity contribution in [3.05, 3.63) is 0 Å². The molecular formula is C6H10I2O2. The molecule has 1 rings (SSSR count). The van der Waals surface area contributed by atoms with Gasteiger partial charge in [0.15, 0.2) is 0 Å². The largest absolute Gasteiger partial charge is 0.372 e. The molecule has 0 amide bonds. The van der Waals surface area contributed by atoms with E-state index in [4.69, 9.17) is 9.47 Å². The summed E-state index contributed by atoms with van der Waals surface area (Å²) in [5.41, 5.74) is 0. The van der Waals surface area contributed by atoms with E-state index >= 15 is 0 Å². The van der Waals surface area contributed by atoms with E-state index in [9.17, 15) is 0 Å². The van der Waals surface area contributed by atoms with E-state index in [2.05, 4.69) is 45.2 Å². The van der Waals surface area contributed by atoms with Crippen LogP contribution in [0, 0.1) is 0 Å². The van der Waals surface area contributed by atoms with E-state index in [-0.39, 0.29) is 0 Å². The van der Waals surface area contributed by atoms with Crippen molar-refractivity contribution in [1.82, 2.24) is 0 Å². The Kier molecular flexibility index (Phi) is 4.83. The fourth-order valence-corrected chi connectivity index (χ4v) is 2.54. The predicted molar refractivity (Wildman–Crippen MR) is 57.3 cm³/mol. The van der Waals surface area contributed by atoms with Crippen molar-refractivity contribution in [3.63, 3.8) is 0 Å². The fourth-order valence-electron chi connectivity index (χ4n) is 0.901. The van der Waals surface area contributed by atoms with Gasteiger partial charge >= 0.3 is 0 Å². The lowest BCUT2D eigenvalue weighted by atomic mass is 10.2. The van der Waals surface area contributed by atoms with Gasteiger partial charge in [-0.3, -0.25) is 0 Å². The Labute approximate surface area is 88.3 Å². The number of ether oxygens (including phenoxy) is 2. The minimum absolute atomic E-state index is 0.325. The fraction of sp³-hybridized carbons (Fsp3) is 1.00. The molecule has 1 aliphatic heterocycles. The summed E-state index contributed by atoms with van der Waals surface area (Å²) in [7, 11) is 0. The molecule has 0 aromatic heterocycles. The highest BCUT2D eigenvalue weighted by atomic mass is 127. The summed E-state index contributed by atoms with van der Waals surface area (Å²) >= 11 is 4.67. The molecule has 1 fully saturated rings. The SMILES string of the molecule is IC[C@H]1OCCO[C@@H]1CI. The second-order valence-corrected chi connectivity index (χ2v) is 3.89. The van der Waals surface area contributed by atoms with Crippen molar-refractivity contribution >= 4 is 45.2 Å². The first-order chi connectivity index (χ1) is 4.88. The molecule has 0 aromatic carbocycles. The summed E-state index contributed by atoms with van der Waals surface area (Å²) < 4.78 is 13.1. The van der Waals surface area contributed by atoms with Crippen LogP contribution in [0.1, 0.15) is 0 Å². The van der Waals surface area contributed by atoms with Gasteiger partial charge in [-0.15, -0.1) is 0 Å². The Morgan fingerprint density at radius 1 is 1.00 bits per heavy atom. The molecular weight excluding hydrogens is 358 g/mol. The number of halogens is 2. The van der Waals surface area contributed by atoms with E-state index in [1.54, 1.807) is 0 Å². The van der Waals surface area contributed by atoms with Crippen LogP contribution in [-0.2, 0) is 9.47 Å².